The Hall–Kier alpha value is -2.83. The minimum atomic E-state index is -0.524. The molecule has 0 spiro atoms. The van der Waals surface area contributed by atoms with Gasteiger partial charge in [-0.05, 0) is 48.9 Å². The van der Waals surface area contributed by atoms with Crippen LogP contribution in [0.5, 0.6) is 5.75 Å². The molecule has 28 heavy (non-hydrogen) atoms. The summed E-state index contributed by atoms with van der Waals surface area (Å²) in [6.07, 6.45) is 0. The number of anilines is 1. The number of methoxy groups -OCH3 is 2. The number of ether oxygens (including phenoxy) is 2. The lowest BCUT2D eigenvalue weighted by atomic mass is 10.0. The molecular formula is C21H18ClNO4S. The number of benzene rings is 2. The van der Waals surface area contributed by atoms with E-state index in [1.54, 1.807) is 43.5 Å². The first-order chi connectivity index (χ1) is 13.4. The maximum absolute atomic E-state index is 12.7. The molecule has 0 radical (unpaired) electrons. The lowest BCUT2D eigenvalue weighted by Crippen LogP contribution is -2.14. The van der Waals surface area contributed by atoms with E-state index in [4.69, 9.17) is 21.1 Å². The smallest absolute Gasteiger partial charge is 0.341 e. The second-order valence-corrected chi connectivity index (χ2v) is 7.58. The van der Waals surface area contributed by atoms with Gasteiger partial charge in [0.2, 0.25) is 0 Å². The van der Waals surface area contributed by atoms with Gasteiger partial charge in [-0.2, -0.15) is 0 Å². The van der Waals surface area contributed by atoms with E-state index in [0.29, 0.717) is 32.5 Å². The maximum atomic E-state index is 12.7. The van der Waals surface area contributed by atoms with Gasteiger partial charge in [0, 0.05) is 21.0 Å². The van der Waals surface area contributed by atoms with Crippen LogP contribution in [0.3, 0.4) is 0 Å². The molecule has 1 amide bonds. The highest BCUT2D eigenvalue weighted by atomic mass is 35.5. The average molecular weight is 416 g/mol. The molecule has 0 fully saturated rings. The number of hydrogen-bond donors (Lipinski definition) is 1. The van der Waals surface area contributed by atoms with Crippen molar-refractivity contribution in [2.45, 2.75) is 6.92 Å². The first kappa shape index (κ1) is 19.9. The zero-order chi connectivity index (χ0) is 20.3. The van der Waals surface area contributed by atoms with E-state index < -0.39 is 5.97 Å². The maximum Gasteiger partial charge on any atom is 0.341 e. The molecule has 7 heteroatoms. The van der Waals surface area contributed by atoms with Crippen LogP contribution in [0, 0.1) is 6.92 Å². The largest absolute Gasteiger partial charge is 0.497 e. The van der Waals surface area contributed by atoms with Crippen LogP contribution < -0.4 is 10.1 Å². The highest BCUT2D eigenvalue weighted by Gasteiger charge is 2.25. The summed E-state index contributed by atoms with van der Waals surface area (Å²) in [7, 11) is 2.87. The van der Waals surface area contributed by atoms with Crippen LogP contribution in [-0.4, -0.2) is 26.1 Å². The van der Waals surface area contributed by atoms with E-state index in [-0.39, 0.29) is 5.91 Å². The van der Waals surface area contributed by atoms with Gasteiger partial charge < -0.3 is 14.8 Å². The third kappa shape index (κ3) is 4.03. The highest BCUT2D eigenvalue weighted by molar-refractivity contribution is 7.17. The molecule has 0 aliphatic rings. The van der Waals surface area contributed by atoms with E-state index in [1.807, 2.05) is 19.1 Å². The van der Waals surface area contributed by atoms with Gasteiger partial charge in [-0.1, -0.05) is 23.7 Å². The number of esters is 1. The number of amides is 1. The topological polar surface area (TPSA) is 64.6 Å². The average Bonchev–Trinajstić information content (AvgIpc) is 3.03. The number of nitrogens with one attached hydrogen (secondary N) is 1. The van der Waals surface area contributed by atoms with Crippen LogP contribution in [0.4, 0.5) is 5.00 Å². The molecule has 1 heterocycles. The van der Waals surface area contributed by atoms with Gasteiger partial charge in [0.1, 0.15) is 16.3 Å². The molecule has 144 valence electrons. The summed E-state index contributed by atoms with van der Waals surface area (Å²) in [5, 5.41) is 3.82. The summed E-state index contributed by atoms with van der Waals surface area (Å²) in [6, 6.07) is 13.9. The first-order valence-corrected chi connectivity index (χ1v) is 9.57. The monoisotopic (exact) mass is 415 g/mol. The van der Waals surface area contributed by atoms with Crippen LogP contribution in [0.1, 0.15) is 25.6 Å². The molecule has 0 unspecified atom stereocenters. The standard InChI is InChI=1S/C21H18ClNO4S/c1-12-17(14-5-4-6-15(22)11-14)18(21(25)27-3)20(28-12)23-19(24)13-7-9-16(26-2)10-8-13/h4-11H,1-3H3,(H,23,24). The first-order valence-electron chi connectivity index (χ1n) is 8.37. The number of hydrogen-bond acceptors (Lipinski definition) is 5. The van der Waals surface area contributed by atoms with Crippen molar-refractivity contribution in [3.63, 3.8) is 0 Å². The van der Waals surface area contributed by atoms with Gasteiger partial charge in [0.15, 0.2) is 0 Å². The summed E-state index contributed by atoms with van der Waals surface area (Å²) in [4.78, 5) is 26.0. The Morgan fingerprint density at radius 1 is 1.07 bits per heavy atom. The summed E-state index contributed by atoms with van der Waals surface area (Å²) in [5.41, 5.74) is 2.25. The number of aryl methyl sites for hydroxylation is 1. The predicted molar refractivity (Wildman–Crippen MR) is 112 cm³/mol. The summed E-state index contributed by atoms with van der Waals surface area (Å²) in [6.45, 7) is 1.89. The Morgan fingerprint density at radius 2 is 1.79 bits per heavy atom. The van der Waals surface area contributed by atoms with Gasteiger partial charge in [-0.25, -0.2) is 4.79 Å². The molecule has 1 N–H and O–H groups in total. The molecule has 0 saturated heterocycles. The molecule has 1 aromatic heterocycles. The van der Waals surface area contributed by atoms with Crippen molar-refractivity contribution >= 4 is 39.8 Å². The summed E-state index contributed by atoms with van der Waals surface area (Å²) in [5.74, 6) is -0.196. The molecule has 0 aliphatic heterocycles. The molecule has 0 aliphatic carbocycles. The highest BCUT2D eigenvalue weighted by Crippen LogP contribution is 2.41. The van der Waals surface area contributed by atoms with Gasteiger partial charge >= 0.3 is 5.97 Å². The van der Waals surface area contributed by atoms with Crippen molar-refractivity contribution in [2.75, 3.05) is 19.5 Å². The van der Waals surface area contributed by atoms with E-state index in [9.17, 15) is 9.59 Å². The lowest BCUT2D eigenvalue weighted by molar-refractivity contribution is 0.0603. The van der Waals surface area contributed by atoms with Crippen molar-refractivity contribution < 1.29 is 19.1 Å². The molecule has 0 atom stereocenters. The van der Waals surface area contributed by atoms with Gasteiger partial charge in [0.05, 0.1) is 14.2 Å². The minimum absolute atomic E-state index is 0.314. The molecule has 3 aromatic rings. The van der Waals surface area contributed by atoms with Crippen molar-refractivity contribution in [3.8, 4) is 16.9 Å². The third-order valence-corrected chi connectivity index (χ3v) is 5.42. The number of carbonyl (C=O) groups is 2. The van der Waals surface area contributed by atoms with Crippen LogP contribution in [0.15, 0.2) is 48.5 Å². The fourth-order valence-electron chi connectivity index (χ4n) is 2.84. The van der Waals surface area contributed by atoms with Crippen LogP contribution in [0.2, 0.25) is 5.02 Å². The van der Waals surface area contributed by atoms with Crippen LogP contribution in [0.25, 0.3) is 11.1 Å². The van der Waals surface area contributed by atoms with E-state index in [0.717, 1.165) is 10.4 Å². The Morgan fingerprint density at radius 3 is 2.39 bits per heavy atom. The summed E-state index contributed by atoms with van der Waals surface area (Å²) < 4.78 is 10.1. The molecule has 0 bridgehead atoms. The zero-order valence-corrected chi connectivity index (χ0v) is 17.1. The normalized spacial score (nSPS) is 10.4. The molecule has 3 rings (SSSR count). The Kier molecular flexibility index (Phi) is 6.02. The Balaban J connectivity index is 2.02. The van der Waals surface area contributed by atoms with Crippen molar-refractivity contribution in [1.82, 2.24) is 0 Å². The van der Waals surface area contributed by atoms with Crippen molar-refractivity contribution in [2.24, 2.45) is 0 Å². The molecule has 5 nitrogen and oxygen atoms in total. The Labute approximate surface area is 171 Å². The molecular weight excluding hydrogens is 398 g/mol. The number of carbonyl (C=O) groups excluding carboxylic acids is 2. The van der Waals surface area contributed by atoms with Gasteiger partial charge in [-0.15, -0.1) is 11.3 Å². The second-order valence-electron chi connectivity index (χ2n) is 5.92. The zero-order valence-electron chi connectivity index (χ0n) is 15.5. The fourth-order valence-corrected chi connectivity index (χ4v) is 4.09. The van der Waals surface area contributed by atoms with Crippen LogP contribution in [-0.2, 0) is 4.74 Å². The second kappa shape index (κ2) is 8.46. The fraction of sp³-hybridized carbons (Fsp3) is 0.143. The lowest BCUT2D eigenvalue weighted by Gasteiger charge is -2.09. The Bertz CT molecular complexity index is 1030. The molecule has 2 aromatic carbocycles. The van der Waals surface area contributed by atoms with E-state index in [1.165, 1.54) is 18.4 Å². The van der Waals surface area contributed by atoms with Gasteiger partial charge in [0.25, 0.3) is 5.91 Å². The van der Waals surface area contributed by atoms with Crippen LogP contribution >= 0.6 is 22.9 Å². The van der Waals surface area contributed by atoms with E-state index >= 15 is 0 Å². The molecule has 0 saturated carbocycles. The van der Waals surface area contributed by atoms with Crippen molar-refractivity contribution in [3.05, 3.63) is 69.6 Å². The van der Waals surface area contributed by atoms with Crippen molar-refractivity contribution in [1.29, 1.82) is 0 Å². The summed E-state index contributed by atoms with van der Waals surface area (Å²) >= 11 is 7.43. The van der Waals surface area contributed by atoms with Gasteiger partial charge in [-0.3, -0.25) is 4.79 Å². The number of halogens is 1. The van der Waals surface area contributed by atoms with E-state index in [2.05, 4.69) is 5.32 Å². The predicted octanol–water partition coefficient (Wildman–Crippen LogP) is 5.42. The number of rotatable bonds is 5. The minimum Gasteiger partial charge on any atom is -0.497 e. The quantitative estimate of drug-likeness (QED) is 0.565. The number of thiophene rings is 1. The third-order valence-electron chi connectivity index (χ3n) is 4.17. The SMILES string of the molecule is COC(=O)c1c(NC(=O)c2ccc(OC)cc2)sc(C)c1-c1cccc(Cl)c1.